The first-order valence-electron chi connectivity index (χ1n) is 5.59. The Bertz CT molecular complexity index is 612. The molecular weight excluding hydrogens is 303 g/mol. The van der Waals surface area contributed by atoms with Gasteiger partial charge in [-0.3, -0.25) is 0 Å². The van der Waals surface area contributed by atoms with E-state index in [-0.39, 0.29) is 6.61 Å². The number of aromatic nitrogens is 1. The number of ether oxygens (including phenoxy) is 1. The third-order valence-electron chi connectivity index (χ3n) is 2.21. The van der Waals surface area contributed by atoms with E-state index in [0.717, 1.165) is 5.69 Å². The monoisotopic (exact) mass is 312 g/mol. The van der Waals surface area contributed by atoms with E-state index in [1.54, 1.807) is 30.5 Å². The normalized spacial score (nSPS) is 10.7. The third kappa shape index (κ3) is 4.29. The standard InChI is InChI=1S/C13H10Cl2N2O3/c14-9-3-4-12(11(15)6-9)19-8-13(18)20-17-7-10-2-1-5-16-10/h1-7,16H,8H2/b17-7+. The van der Waals surface area contributed by atoms with Crippen molar-refractivity contribution < 1.29 is 14.4 Å². The number of carbonyl (C=O) groups is 1. The van der Waals surface area contributed by atoms with Crippen molar-refractivity contribution in [3.63, 3.8) is 0 Å². The second kappa shape index (κ2) is 6.98. The van der Waals surface area contributed by atoms with Crippen LogP contribution in [0.2, 0.25) is 10.0 Å². The molecule has 1 aromatic heterocycles. The predicted octanol–water partition coefficient (Wildman–Crippen LogP) is 3.28. The van der Waals surface area contributed by atoms with E-state index in [1.807, 2.05) is 0 Å². The molecule has 0 saturated carbocycles. The summed E-state index contributed by atoms with van der Waals surface area (Å²) < 4.78 is 5.19. The number of H-pyrrole nitrogens is 1. The van der Waals surface area contributed by atoms with E-state index in [0.29, 0.717) is 15.8 Å². The molecule has 0 amide bonds. The molecule has 0 spiro atoms. The van der Waals surface area contributed by atoms with Crippen molar-refractivity contribution in [2.24, 2.45) is 5.16 Å². The van der Waals surface area contributed by atoms with Crippen LogP contribution in [-0.2, 0) is 9.63 Å². The van der Waals surface area contributed by atoms with Gasteiger partial charge in [-0.2, -0.15) is 0 Å². The van der Waals surface area contributed by atoms with Crippen molar-refractivity contribution in [2.75, 3.05) is 6.61 Å². The molecule has 1 heterocycles. The highest BCUT2D eigenvalue weighted by Gasteiger charge is 2.07. The summed E-state index contributed by atoms with van der Waals surface area (Å²) in [7, 11) is 0. The zero-order valence-corrected chi connectivity index (χ0v) is 11.7. The highest BCUT2D eigenvalue weighted by atomic mass is 35.5. The Labute approximate surface area is 125 Å². The van der Waals surface area contributed by atoms with Gasteiger partial charge in [-0.25, -0.2) is 4.79 Å². The van der Waals surface area contributed by atoms with Crippen molar-refractivity contribution in [1.29, 1.82) is 0 Å². The van der Waals surface area contributed by atoms with Gasteiger partial charge in [0.25, 0.3) is 0 Å². The van der Waals surface area contributed by atoms with Crippen LogP contribution in [-0.4, -0.2) is 23.8 Å². The lowest BCUT2D eigenvalue weighted by atomic mass is 10.3. The zero-order valence-electron chi connectivity index (χ0n) is 10.2. The zero-order chi connectivity index (χ0) is 14.4. The van der Waals surface area contributed by atoms with E-state index in [9.17, 15) is 4.79 Å². The van der Waals surface area contributed by atoms with E-state index in [2.05, 4.69) is 15.0 Å². The van der Waals surface area contributed by atoms with Crippen molar-refractivity contribution in [3.8, 4) is 5.75 Å². The van der Waals surface area contributed by atoms with Crippen LogP contribution in [0.4, 0.5) is 0 Å². The molecule has 20 heavy (non-hydrogen) atoms. The lowest BCUT2D eigenvalue weighted by Crippen LogP contribution is -2.12. The summed E-state index contributed by atoms with van der Waals surface area (Å²) in [4.78, 5) is 18.9. The molecule has 2 rings (SSSR count). The number of nitrogens with zero attached hydrogens (tertiary/aromatic N) is 1. The number of rotatable bonds is 5. The highest BCUT2D eigenvalue weighted by molar-refractivity contribution is 6.35. The van der Waals surface area contributed by atoms with Gasteiger partial charge in [-0.15, -0.1) is 0 Å². The molecule has 104 valence electrons. The summed E-state index contributed by atoms with van der Waals surface area (Å²) in [5, 5.41) is 4.33. The fourth-order valence-electron chi connectivity index (χ4n) is 1.32. The Morgan fingerprint density at radius 3 is 2.90 bits per heavy atom. The molecule has 0 unspecified atom stereocenters. The molecule has 0 aliphatic heterocycles. The molecule has 0 atom stereocenters. The Hall–Kier alpha value is -1.98. The van der Waals surface area contributed by atoms with Crippen LogP contribution < -0.4 is 4.74 Å². The predicted molar refractivity (Wildman–Crippen MR) is 76.4 cm³/mol. The summed E-state index contributed by atoms with van der Waals surface area (Å²) >= 11 is 11.6. The first-order chi connectivity index (χ1) is 9.65. The molecule has 0 saturated heterocycles. The van der Waals surface area contributed by atoms with Gasteiger partial charge in [0.05, 0.1) is 16.9 Å². The van der Waals surface area contributed by atoms with Crippen LogP contribution in [0, 0.1) is 0 Å². The topological polar surface area (TPSA) is 63.7 Å². The molecular formula is C13H10Cl2N2O3. The van der Waals surface area contributed by atoms with Gasteiger partial charge in [0.1, 0.15) is 5.75 Å². The Morgan fingerprint density at radius 1 is 1.35 bits per heavy atom. The lowest BCUT2D eigenvalue weighted by Gasteiger charge is -2.06. The van der Waals surface area contributed by atoms with E-state index < -0.39 is 5.97 Å². The van der Waals surface area contributed by atoms with Gasteiger partial charge in [0.15, 0.2) is 6.61 Å². The molecule has 0 bridgehead atoms. The molecule has 0 aliphatic carbocycles. The summed E-state index contributed by atoms with van der Waals surface area (Å²) in [5.41, 5.74) is 0.722. The van der Waals surface area contributed by atoms with Gasteiger partial charge in [0, 0.05) is 11.2 Å². The second-order valence-electron chi connectivity index (χ2n) is 3.69. The molecule has 2 aromatic rings. The van der Waals surface area contributed by atoms with Crippen LogP contribution in [0.3, 0.4) is 0 Å². The average Bonchev–Trinajstić information content (AvgIpc) is 2.91. The lowest BCUT2D eigenvalue weighted by molar-refractivity contribution is -0.145. The van der Waals surface area contributed by atoms with Crippen molar-refractivity contribution in [2.45, 2.75) is 0 Å². The first-order valence-corrected chi connectivity index (χ1v) is 6.35. The maximum Gasteiger partial charge on any atom is 0.372 e. The molecule has 1 N–H and O–H groups in total. The average molecular weight is 313 g/mol. The number of benzene rings is 1. The summed E-state index contributed by atoms with van der Waals surface area (Å²) in [6, 6.07) is 8.28. The number of aromatic amines is 1. The minimum absolute atomic E-state index is 0.302. The molecule has 7 heteroatoms. The fourth-order valence-corrected chi connectivity index (χ4v) is 1.78. The molecule has 0 radical (unpaired) electrons. The maximum atomic E-state index is 11.4. The van der Waals surface area contributed by atoms with Crippen molar-refractivity contribution in [3.05, 3.63) is 52.3 Å². The van der Waals surface area contributed by atoms with Crippen LogP contribution in [0.15, 0.2) is 41.7 Å². The smallest absolute Gasteiger partial charge is 0.372 e. The van der Waals surface area contributed by atoms with Gasteiger partial charge in [-0.1, -0.05) is 28.4 Å². The number of hydrogen-bond donors (Lipinski definition) is 1. The minimum atomic E-state index is -0.640. The third-order valence-corrected chi connectivity index (χ3v) is 2.74. The quantitative estimate of drug-likeness (QED) is 0.523. The molecule has 0 aliphatic rings. The maximum absolute atomic E-state index is 11.4. The fraction of sp³-hybridized carbons (Fsp3) is 0.0769. The summed E-state index contributed by atoms with van der Waals surface area (Å²) in [6.45, 7) is -0.302. The number of oxime groups is 1. The largest absolute Gasteiger partial charge is 0.480 e. The van der Waals surface area contributed by atoms with Crippen molar-refractivity contribution in [1.82, 2.24) is 4.98 Å². The van der Waals surface area contributed by atoms with Crippen molar-refractivity contribution >= 4 is 35.4 Å². The van der Waals surface area contributed by atoms with Gasteiger partial charge < -0.3 is 14.6 Å². The number of halogens is 2. The van der Waals surface area contributed by atoms with Gasteiger partial charge >= 0.3 is 5.97 Å². The van der Waals surface area contributed by atoms with Crippen LogP contribution >= 0.6 is 23.2 Å². The molecule has 1 aromatic carbocycles. The van der Waals surface area contributed by atoms with Gasteiger partial charge in [0.2, 0.25) is 0 Å². The van der Waals surface area contributed by atoms with Crippen LogP contribution in [0.1, 0.15) is 5.69 Å². The minimum Gasteiger partial charge on any atom is -0.480 e. The number of hydrogen-bond acceptors (Lipinski definition) is 4. The van der Waals surface area contributed by atoms with E-state index >= 15 is 0 Å². The van der Waals surface area contributed by atoms with Gasteiger partial charge in [-0.05, 0) is 30.3 Å². The van der Waals surface area contributed by atoms with E-state index in [4.69, 9.17) is 27.9 Å². The Balaban J connectivity index is 1.80. The van der Waals surface area contributed by atoms with Crippen LogP contribution in [0.5, 0.6) is 5.75 Å². The Kier molecular flexibility index (Phi) is 5.03. The highest BCUT2D eigenvalue weighted by Crippen LogP contribution is 2.27. The SMILES string of the molecule is O=C(COc1ccc(Cl)cc1Cl)O/N=C/c1ccc[nH]1. The molecule has 0 fully saturated rings. The van der Waals surface area contributed by atoms with Crippen LogP contribution in [0.25, 0.3) is 0 Å². The molecule has 5 nitrogen and oxygen atoms in total. The first kappa shape index (κ1) is 14.4. The summed E-state index contributed by atoms with van der Waals surface area (Å²) in [5.74, 6) is -0.291. The second-order valence-corrected chi connectivity index (χ2v) is 4.53. The van der Waals surface area contributed by atoms with E-state index in [1.165, 1.54) is 12.3 Å². The Morgan fingerprint density at radius 2 is 2.20 bits per heavy atom. The number of carbonyl (C=O) groups excluding carboxylic acids is 1. The number of nitrogens with one attached hydrogen (secondary N) is 1. The summed E-state index contributed by atoms with van der Waals surface area (Å²) in [6.07, 6.45) is 3.11.